The predicted octanol–water partition coefficient (Wildman–Crippen LogP) is 6.01. The Bertz CT molecular complexity index is 596. The van der Waals surface area contributed by atoms with E-state index in [1.165, 1.54) is 11.1 Å². The Morgan fingerprint density at radius 3 is 2.47 bits per heavy atom. The van der Waals surface area contributed by atoms with Crippen molar-refractivity contribution in [1.29, 1.82) is 0 Å². The van der Waals surface area contributed by atoms with Crippen LogP contribution in [0.5, 0.6) is 5.75 Å². The molecule has 0 aliphatic carbocycles. The fraction of sp³-hybridized carbons (Fsp3) is 0.200. The highest BCUT2D eigenvalue weighted by Gasteiger charge is 2.18. The molecule has 0 bridgehead atoms. The molecule has 1 atom stereocenters. The molecule has 0 fully saturated rings. The molecule has 1 unspecified atom stereocenters. The van der Waals surface area contributed by atoms with E-state index in [2.05, 4.69) is 72.9 Å². The summed E-state index contributed by atoms with van der Waals surface area (Å²) in [7, 11) is 1.69. The van der Waals surface area contributed by atoms with Crippen LogP contribution in [0.25, 0.3) is 0 Å². The number of methoxy groups -OCH3 is 1. The fourth-order valence-corrected chi connectivity index (χ4v) is 3.58. The van der Waals surface area contributed by atoms with Crippen molar-refractivity contribution in [1.82, 2.24) is 0 Å². The molecule has 19 heavy (non-hydrogen) atoms. The standard InChI is InChI=1S/C15H13Br3O/c1-9-11(4-3-5-13(9)17)15(18)12-8-10(16)6-7-14(12)19-2/h3-8,15H,1-2H3. The lowest BCUT2D eigenvalue weighted by Gasteiger charge is -2.17. The second-order valence-electron chi connectivity index (χ2n) is 4.20. The molecule has 100 valence electrons. The number of halogens is 3. The van der Waals surface area contributed by atoms with E-state index >= 15 is 0 Å². The lowest BCUT2D eigenvalue weighted by atomic mass is 10.00. The van der Waals surface area contributed by atoms with Gasteiger partial charge in [-0.3, -0.25) is 0 Å². The molecule has 0 aromatic heterocycles. The average Bonchev–Trinajstić information content (AvgIpc) is 2.41. The molecule has 2 aromatic carbocycles. The van der Waals surface area contributed by atoms with Crippen LogP contribution in [0.3, 0.4) is 0 Å². The number of hydrogen-bond donors (Lipinski definition) is 0. The zero-order chi connectivity index (χ0) is 14.0. The summed E-state index contributed by atoms with van der Waals surface area (Å²) in [4.78, 5) is 0.0949. The van der Waals surface area contributed by atoms with E-state index in [4.69, 9.17) is 4.74 Å². The molecule has 0 saturated heterocycles. The third-order valence-electron chi connectivity index (χ3n) is 3.05. The van der Waals surface area contributed by atoms with Crippen LogP contribution in [-0.2, 0) is 0 Å². The lowest BCUT2D eigenvalue weighted by Crippen LogP contribution is -1.99. The van der Waals surface area contributed by atoms with Gasteiger partial charge in [-0.25, -0.2) is 0 Å². The SMILES string of the molecule is COc1ccc(Br)cc1C(Br)c1cccc(Br)c1C. The predicted molar refractivity (Wildman–Crippen MR) is 90.3 cm³/mol. The molecule has 0 spiro atoms. The van der Waals surface area contributed by atoms with Gasteiger partial charge < -0.3 is 4.74 Å². The van der Waals surface area contributed by atoms with Gasteiger partial charge in [0.15, 0.2) is 0 Å². The molecule has 0 radical (unpaired) electrons. The quantitative estimate of drug-likeness (QED) is 0.522. The van der Waals surface area contributed by atoms with Gasteiger partial charge in [0.2, 0.25) is 0 Å². The fourth-order valence-electron chi connectivity index (χ4n) is 1.97. The van der Waals surface area contributed by atoms with Gasteiger partial charge in [0, 0.05) is 14.5 Å². The Kier molecular flexibility index (Phi) is 5.09. The van der Waals surface area contributed by atoms with Gasteiger partial charge in [0.05, 0.1) is 11.9 Å². The number of hydrogen-bond acceptors (Lipinski definition) is 1. The van der Waals surface area contributed by atoms with Crippen LogP contribution < -0.4 is 4.74 Å². The van der Waals surface area contributed by atoms with Crippen molar-refractivity contribution < 1.29 is 4.74 Å². The Labute approximate surface area is 138 Å². The van der Waals surface area contributed by atoms with Crippen LogP contribution in [0, 0.1) is 6.92 Å². The zero-order valence-corrected chi connectivity index (χ0v) is 15.3. The molecule has 0 aliphatic rings. The van der Waals surface area contributed by atoms with E-state index < -0.39 is 0 Å². The van der Waals surface area contributed by atoms with Gasteiger partial charge in [0.25, 0.3) is 0 Å². The van der Waals surface area contributed by atoms with Gasteiger partial charge >= 0.3 is 0 Å². The summed E-state index contributed by atoms with van der Waals surface area (Å²) in [5, 5.41) is 0. The summed E-state index contributed by atoms with van der Waals surface area (Å²) >= 11 is 10.9. The maximum absolute atomic E-state index is 5.45. The van der Waals surface area contributed by atoms with Crippen molar-refractivity contribution >= 4 is 47.8 Å². The van der Waals surface area contributed by atoms with Crippen LogP contribution in [-0.4, -0.2) is 7.11 Å². The molecule has 2 rings (SSSR count). The number of alkyl halides is 1. The van der Waals surface area contributed by atoms with Crippen LogP contribution in [0.1, 0.15) is 21.5 Å². The van der Waals surface area contributed by atoms with Gasteiger partial charge in [-0.1, -0.05) is 59.9 Å². The number of rotatable bonds is 3. The summed E-state index contributed by atoms with van der Waals surface area (Å²) in [5.41, 5.74) is 3.57. The van der Waals surface area contributed by atoms with Crippen molar-refractivity contribution in [3.8, 4) is 5.75 Å². The first-order valence-corrected chi connectivity index (χ1v) is 8.27. The normalized spacial score (nSPS) is 12.3. The van der Waals surface area contributed by atoms with Gasteiger partial charge in [-0.15, -0.1) is 0 Å². The molecular formula is C15H13Br3O. The molecule has 4 heteroatoms. The van der Waals surface area contributed by atoms with Gasteiger partial charge in [-0.2, -0.15) is 0 Å². The minimum atomic E-state index is 0.0949. The second kappa shape index (κ2) is 6.42. The van der Waals surface area contributed by atoms with E-state index in [0.29, 0.717) is 0 Å². The minimum Gasteiger partial charge on any atom is -0.496 e. The lowest BCUT2D eigenvalue weighted by molar-refractivity contribution is 0.410. The first kappa shape index (κ1) is 15.1. The molecule has 0 N–H and O–H groups in total. The highest BCUT2D eigenvalue weighted by Crippen LogP contribution is 2.40. The highest BCUT2D eigenvalue weighted by atomic mass is 79.9. The van der Waals surface area contributed by atoms with Crippen molar-refractivity contribution in [3.63, 3.8) is 0 Å². The number of ether oxygens (including phenoxy) is 1. The van der Waals surface area contributed by atoms with E-state index in [1.807, 2.05) is 18.2 Å². The molecule has 0 amide bonds. The maximum atomic E-state index is 5.45. The van der Waals surface area contributed by atoms with Crippen molar-refractivity contribution in [2.75, 3.05) is 7.11 Å². The van der Waals surface area contributed by atoms with E-state index in [0.717, 1.165) is 20.3 Å². The van der Waals surface area contributed by atoms with Gasteiger partial charge in [-0.05, 0) is 42.3 Å². The monoisotopic (exact) mass is 446 g/mol. The third-order valence-corrected chi connectivity index (χ3v) is 5.39. The van der Waals surface area contributed by atoms with Crippen molar-refractivity contribution in [2.24, 2.45) is 0 Å². The average molecular weight is 449 g/mol. The third kappa shape index (κ3) is 3.23. The molecule has 2 aromatic rings. The first-order chi connectivity index (χ1) is 9.04. The largest absolute Gasteiger partial charge is 0.496 e. The summed E-state index contributed by atoms with van der Waals surface area (Å²) in [6, 6.07) is 12.3. The van der Waals surface area contributed by atoms with Crippen LogP contribution in [0.2, 0.25) is 0 Å². The second-order valence-corrected chi connectivity index (χ2v) is 6.89. The molecule has 0 heterocycles. The molecule has 1 nitrogen and oxygen atoms in total. The van der Waals surface area contributed by atoms with E-state index in [9.17, 15) is 0 Å². The zero-order valence-electron chi connectivity index (χ0n) is 10.6. The smallest absolute Gasteiger partial charge is 0.123 e. The molecule has 0 aliphatic heterocycles. The van der Waals surface area contributed by atoms with E-state index in [1.54, 1.807) is 7.11 Å². The molecular weight excluding hydrogens is 436 g/mol. The number of benzene rings is 2. The maximum Gasteiger partial charge on any atom is 0.123 e. The van der Waals surface area contributed by atoms with Crippen LogP contribution >= 0.6 is 47.8 Å². The van der Waals surface area contributed by atoms with Crippen molar-refractivity contribution in [2.45, 2.75) is 11.8 Å². The Balaban J connectivity index is 2.52. The minimum absolute atomic E-state index is 0.0949. The summed E-state index contributed by atoms with van der Waals surface area (Å²) in [6.45, 7) is 2.11. The summed E-state index contributed by atoms with van der Waals surface area (Å²) in [6.07, 6.45) is 0. The van der Waals surface area contributed by atoms with Crippen molar-refractivity contribution in [3.05, 3.63) is 62.0 Å². The highest BCUT2D eigenvalue weighted by molar-refractivity contribution is 9.11. The Morgan fingerprint density at radius 2 is 1.79 bits per heavy atom. The molecule has 0 saturated carbocycles. The Hall–Kier alpha value is -0.320. The van der Waals surface area contributed by atoms with Crippen LogP contribution in [0.4, 0.5) is 0 Å². The summed E-state index contributed by atoms with van der Waals surface area (Å²) in [5.74, 6) is 0.879. The first-order valence-electron chi connectivity index (χ1n) is 5.77. The van der Waals surface area contributed by atoms with Crippen LogP contribution in [0.15, 0.2) is 45.3 Å². The Morgan fingerprint density at radius 1 is 1.05 bits per heavy atom. The van der Waals surface area contributed by atoms with Gasteiger partial charge in [0.1, 0.15) is 5.75 Å². The summed E-state index contributed by atoms with van der Waals surface area (Å²) < 4.78 is 7.61. The van der Waals surface area contributed by atoms with E-state index in [-0.39, 0.29) is 4.83 Å². The topological polar surface area (TPSA) is 9.23 Å².